The number of nitrogens with one attached hydrogen (secondary N) is 1. The van der Waals surface area contributed by atoms with Gasteiger partial charge in [-0.05, 0) is 19.1 Å². The first-order chi connectivity index (χ1) is 11.1. The molecule has 0 fully saturated rings. The molecule has 1 N–H and O–H groups in total. The number of imide groups is 1. The van der Waals surface area contributed by atoms with Crippen LogP contribution in [-0.2, 0) is 0 Å². The maximum atomic E-state index is 12.4. The molecule has 6 heteroatoms. The molecule has 0 saturated carbocycles. The second-order valence-electron chi connectivity index (χ2n) is 5.34. The summed E-state index contributed by atoms with van der Waals surface area (Å²) in [5.41, 5.74) is 2.72. The fourth-order valence-corrected chi connectivity index (χ4v) is 2.56. The van der Waals surface area contributed by atoms with E-state index in [1.165, 1.54) is 0 Å². The maximum Gasteiger partial charge on any atom is 0.268 e. The zero-order chi connectivity index (χ0) is 16.0. The summed E-state index contributed by atoms with van der Waals surface area (Å²) in [6, 6.07) is 14.4. The third kappa shape index (κ3) is 2.03. The molecule has 6 nitrogen and oxygen atoms in total. The third-order valence-corrected chi connectivity index (χ3v) is 3.79. The number of amides is 2. The number of aromatic amines is 1. The molecular weight excluding hydrogens is 292 g/mol. The van der Waals surface area contributed by atoms with Gasteiger partial charge in [-0.3, -0.25) is 14.7 Å². The van der Waals surface area contributed by atoms with Crippen LogP contribution in [0.5, 0.6) is 0 Å². The maximum absolute atomic E-state index is 12.4. The minimum absolute atomic E-state index is 0.0618. The Hall–Kier alpha value is -3.28. The van der Waals surface area contributed by atoms with Gasteiger partial charge in [0.1, 0.15) is 0 Å². The predicted octanol–water partition coefficient (Wildman–Crippen LogP) is 2.58. The smallest absolute Gasteiger partial charge is 0.268 e. The zero-order valence-corrected chi connectivity index (χ0v) is 12.3. The number of carbonyl (C=O) groups is 2. The number of hydrogen-bond donors (Lipinski definition) is 1. The number of hydrogen-bond acceptors (Lipinski definition) is 4. The number of anilines is 1. The minimum atomic E-state index is -0.403. The molecule has 1 aliphatic rings. The van der Waals surface area contributed by atoms with Crippen LogP contribution in [0.1, 0.15) is 26.3 Å². The van der Waals surface area contributed by atoms with E-state index in [-0.39, 0.29) is 5.95 Å². The van der Waals surface area contributed by atoms with Crippen molar-refractivity contribution in [3.05, 3.63) is 65.2 Å². The average Bonchev–Trinajstić information content (AvgIpc) is 3.13. The number of rotatable bonds is 2. The Labute approximate surface area is 131 Å². The lowest BCUT2D eigenvalue weighted by Crippen LogP contribution is -2.30. The van der Waals surface area contributed by atoms with Crippen LogP contribution in [0.4, 0.5) is 5.95 Å². The monoisotopic (exact) mass is 304 g/mol. The molecule has 1 aliphatic heterocycles. The summed E-state index contributed by atoms with van der Waals surface area (Å²) in [5.74, 6) is -0.233. The fraction of sp³-hybridized carbons (Fsp3) is 0.0588. The second-order valence-corrected chi connectivity index (χ2v) is 5.34. The van der Waals surface area contributed by atoms with E-state index in [0.29, 0.717) is 17.0 Å². The summed E-state index contributed by atoms with van der Waals surface area (Å²) in [5, 5.41) is 6.81. The van der Waals surface area contributed by atoms with Crippen LogP contribution in [-0.4, -0.2) is 27.0 Å². The molecule has 2 amide bonds. The van der Waals surface area contributed by atoms with Gasteiger partial charge in [-0.15, -0.1) is 5.10 Å². The van der Waals surface area contributed by atoms with Crippen LogP contribution in [0.3, 0.4) is 0 Å². The molecule has 0 atom stereocenters. The van der Waals surface area contributed by atoms with E-state index in [1.54, 1.807) is 24.3 Å². The first-order valence-electron chi connectivity index (χ1n) is 7.12. The molecule has 4 rings (SSSR count). The minimum Gasteiger partial charge on any atom is -0.268 e. The Morgan fingerprint density at radius 1 is 0.913 bits per heavy atom. The molecule has 0 bridgehead atoms. The van der Waals surface area contributed by atoms with Crippen LogP contribution in [0.15, 0.2) is 48.5 Å². The van der Waals surface area contributed by atoms with Gasteiger partial charge in [0.2, 0.25) is 0 Å². The SMILES string of the molecule is Cc1ccc(-c2nc(N3C(=O)c4ccccc4C3=O)n[nH]2)cc1. The van der Waals surface area contributed by atoms with Gasteiger partial charge < -0.3 is 0 Å². The van der Waals surface area contributed by atoms with Crippen LogP contribution < -0.4 is 4.90 Å². The van der Waals surface area contributed by atoms with Crippen LogP contribution in [0.2, 0.25) is 0 Å². The lowest BCUT2D eigenvalue weighted by Gasteiger charge is -2.07. The summed E-state index contributed by atoms with van der Waals surface area (Å²) < 4.78 is 0. The molecule has 0 saturated heterocycles. The van der Waals surface area contributed by atoms with Crippen molar-refractivity contribution < 1.29 is 9.59 Å². The molecular formula is C17H12N4O2. The van der Waals surface area contributed by atoms with Crippen molar-refractivity contribution in [3.63, 3.8) is 0 Å². The first kappa shape index (κ1) is 13.4. The topological polar surface area (TPSA) is 79.0 Å². The van der Waals surface area contributed by atoms with Crippen molar-refractivity contribution in [1.82, 2.24) is 15.2 Å². The number of nitrogens with zero attached hydrogens (tertiary/aromatic N) is 3. The van der Waals surface area contributed by atoms with Crippen LogP contribution >= 0.6 is 0 Å². The van der Waals surface area contributed by atoms with Gasteiger partial charge in [-0.25, -0.2) is 4.90 Å². The summed E-state index contributed by atoms with van der Waals surface area (Å²) >= 11 is 0. The van der Waals surface area contributed by atoms with Gasteiger partial charge in [0, 0.05) is 5.56 Å². The van der Waals surface area contributed by atoms with Gasteiger partial charge in [0.15, 0.2) is 5.82 Å². The van der Waals surface area contributed by atoms with E-state index >= 15 is 0 Å². The highest BCUT2D eigenvalue weighted by molar-refractivity contribution is 6.33. The Balaban J connectivity index is 1.72. The average molecular weight is 304 g/mol. The highest BCUT2D eigenvalue weighted by Gasteiger charge is 2.38. The van der Waals surface area contributed by atoms with Crippen molar-refractivity contribution >= 4 is 17.8 Å². The Kier molecular flexibility index (Phi) is 2.84. The van der Waals surface area contributed by atoms with Crippen molar-refractivity contribution in [1.29, 1.82) is 0 Å². The summed E-state index contributed by atoms with van der Waals surface area (Å²) in [4.78, 5) is 30.1. The van der Waals surface area contributed by atoms with Gasteiger partial charge >= 0.3 is 0 Å². The van der Waals surface area contributed by atoms with Crippen molar-refractivity contribution in [2.24, 2.45) is 0 Å². The molecule has 3 aromatic rings. The van der Waals surface area contributed by atoms with Gasteiger partial charge in [-0.2, -0.15) is 4.98 Å². The molecule has 112 valence electrons. The molecule has 0 aliphatic carbocycles. The number of H-pyrrole nitrogens is 1. The quantitative estimate of drug-likeness (QED) is 0.738. The highest BCUT2D eigenvalue weighted by Crippen LogP contribution is 2.27. The van der Waals surface area contributed by atoms with E-state index in [2.05, 4.69) is 15.2 Å². The second kappa shape index (κ2) is 4.88. The van der Waals surface area contributed by atoms with E-state index in [9.17, 15) is 9.59 Å². The Bertz CT molecular complexity index is 893. The molecule has 0 radical (unpaired) electrons. The molecule has 2 heterocycles. The molecule has 0 spiro atoms. The van der Waals surface area contributed by atoms with Crippen LogP contribution in [0, 0.1) is 6.92 Å². The normalized spacial score (nSPS) is 13.5. The van der Waals surface area contributed by atoms with Gasteiger partial charge in [-0.1, -0.05) is 42.0 Å². The van der Waals surface area contributed by atoms with Crippen molar-refractivity contribution in [2.75, 3.05) is 4.90 Å². The lowest BCUT2D eigenvalue weighted by molar-refractivity contribution is 0.0924. The predicted molar refractivity (Wildman–Crippen MR) is 84.1 cm³/mol. The summed E-state index contributed by atoms with van der Waals surface area (Å²) in [6.07, 6.45) is 0. The van der Waals surface area contributed by atoms with Crippen LogP contribution in [0.25, 0.3) is 11.4 Å². The number of fused-ring (bicyclic) bond motifs is 1. The van der Waals surface area contributed by atoms with E-state index in [4.69, 9.17) is 0 Å². The largest absolute Gasteiger partial charge is 0.268 e. The van der Waals surface area contributed by atoms with Crippen molar-refractivity contribution in [3.8, 4) is 11.4 Å². The van der Waals surface area contributed by atoms with Crippen molar-refractivity contribution in [2.45, 2.75) is 6.92 Å². The number of aromatic nitrogens is 3. The Morgan fingerprint density at radius 3 is 2.13 bits per heavy atom. The van der Waals surface area contributed by atoms with Gasteiger partial charge in [0.25, 0.3) is 17.8 Å². The van der Waals surface area contributed by atoms with E-state index < -0.39 is 11.8 Å². The third-order valence-electron chi connectivity index (χ3n) is 3.79. The van der Waals surface area contributed by atoms with Gasteiger partial charge in [0.05, 0.1) is 11.1 Å². The fourth-order valence-electron chi connectivity index (χ4n) is 2.56. The lowest BCUT2D eigenvalue weighted by atomic mass is 10.1. The molecule has 0 unspecified atom stereocenters. The van der Waals surface area contributed by atoms with E-state index in [0.717, 1.165) is 16.0 Å². The molecule has 23 heavy (non-hydrogen) atoms. The summed E-state index contributed by atoms with van der Waals surface area (Å²) in [6.45, 7) is 1.99. The Morgan fingerprint density at radius 2 is 1.52 bits per heavy atom. The highest BCUT2D eigenvalue weighted by atomic mass is 16.2. The number of carbonyl (C=O) groups excluding carboxylic acids is 2. The first-order valence-corrected chi connectivity index (χ1v) is 7.12. The van der Waals surface area contributed by atoms with E-state index in [1.807, 2.05) is 31.2 Å². The number of aryl methyl sites for hydroxylation is 1. The number of benzene rings is 2. The summed E-state index contributed by atoms with van der Waals surface area (Å²) in [7, 11) is 0. The molecule has 2 aromatic carbocycles. The standard InChI is InChI=1S/C17H12N4O2/c1-10-6-8-11(9-7-10)14-18-17(20-19-14)21-15(22)12-4-2-3-5-13(12)16(21)23/h2-9H,1H3,(H,18,19,20). The molecule has 1 aromatic heterocycles. The zero-order valence-electron chi connectivity index (χ0n) is 12.3.